The minimum atomic E-state index is -0.346. The Hall–Kier alpha value is -1.61. The molecule has 0 heterocycles. The Morgan fingerprint density at radius 3 is 1.87 bits per heavy atom. The molecule has 1 aromatic carbocycles. The fourth-order valence-electron chi connectivity index (χ4n) is 1.31. The van der Waals surface area contributed by atoms with Crippen LogP contribution in [0.2, 0.25) is 0 Å². The van der Waals surface area contributed by atoms with Crippen LogP contribution in [-0.2, 0) is 42.3 Å². The van der Waals surface area contributed by atoms with E-state index in [0.29, 0.717) is 17.0 Å². The maximum Gasteiger partial charge on any atom is 2.00 e. The van der Waals surface area contributed by atoms with Gasteiger partial charge in [-0.1, -0.05) is 0 Å². The number of nitrogens with one attached hydrogen (secondary N) is 2. The van der Waals surface area contributed by atoms with Crippen molar-refractivity contribution in [2.24, 2.45) is 20.4 Å². The van der Waals surface area contributed by atoms with Gasteiger partial charge in [0, 0.05) is 19.7 Å². The van der Waals surface area contributed by atoms with E-state index in [1.165, 1.54) is 12.1 Å². The first kappa shape index (κ1) is 21.4. The van der Waals surface area contributed by atoms with Crippen LogP contribution in [0.3, 0.4) is 0 Å². The summed E-state index contributed by atoms with van der Waals surface area (Å²) in [6.45, 7) is 1.70. The molecule has 0 aromatic heterocycles. The van der Waals surface area contributed by atoms with Gasteiger partial charge in [-0.05, 0) is 41.5 Å². The predicted octanol–water partition coefficient (Wildman–Crippen LogP) is 1.15. The van der Waals surface area contributed by atoms with Gasteiger partial charge in [0.05, 0.1) is 5.71 Å². The third-order valence-corrected chi connectivity index (χ3v) is 2.99. The Kier molecular flexibility index (Phi) is 10.2. The van der Waals surface area contributed by atoms with E-state index in [0.717, 1.165) is 0 Å². The number of halogens is 1. The van der Waals surface area contributed by atoms with E-state index < -0.39 is 0 Å². The second-order valence-electron chi connectivity index (χ2n) is 3.95. The fraction of sp³-hybridized carbons (Fsp3) is 0.231. The van der Waals surface area contributed by atoms with Gasteiger partial charge in [0.1, 0.15) is 11.5 Å². The van der Waals surface area contributed by atoms with Gasteiger partial charge in [-0.25, -0.2) is 4.39 Å². The largest absolute Gasteiger partial charge is 2.00 e. The molecule has 127 valence electrons. The maximum absolute atomic E-state index is 13.1. The van der Waals surface area contributed by atoms with Crippen LogP contribution in [0.25, 0.3) is 0 Å². The van der Waals surface area contributed by atoms with Crippen molar-refractivity contribution in [3.63, 3.8) is 0 Å². The number of nitrogens with zero attached hydrogens (tertiary/aromatic N) is 4. The normalized spacial score (nSPS) is 13.4. The molecule has 0 bridgehead atoms. The van der Waals surface area contributed by atoms with E-state index in [4.69, 9.17) is 25.3 Å². The van der Waals surface area contributed by atoms with Crippen LogP contribution >= 0.6 is 0 Å². The molecule has 1 aromatic rings. The monoisotopic (exact) mass is 401 g/mol. The minimum Gasteiger partial charge on any atom is -0.741 e. The number of amidine groups is 2. The first-order valence-electron chi connectivity index (χ1n) is 6.21. The van der Waals surface area contributed by atoms with Crippen molar-refractivity contribution in [2.75, 3.05) is 14.1 Å². The number of hydrogen-bond donors (Lipinski definition) is 2. The molecule has 2 N–H and O–H groups in total. The Bertz CT molecular complexity index is 628. The summed E-state index contributed by atoms with van der Waals surface area (Å²) in [4.78, 5) is 0. The summed E-state index contributed by atoms with van der Waals surface area (Å²) in [5.74, 6) is -0.346. The molecule has 0 aliphatic heterocycles. The average molecular weight is 402 g/mol. The summed E-state index contributed by atoms with van der Waals surface area (Å²) >= 11 is 9.81. The fourth-order valence-corrected chi connectivity index (χ4v) is 1.39. The van der Waals surface area contributed by atoms with E-state index in [1.807, 2.05) is 0 Å². The molecule has 0 atom stereocenters. The average Bonchev–Trinajstić information content (AvgIpc) is 2.53. The molecule has 0 unspecified atom stereocenters. The van der Waals surface area contributed by atoms with Crippen LogP contribution < -0.4 is 10.6 Å². The molecular formula is C13H15CuFN6S2. The molecule has 0 aliphatic carbocycles. The van der Waals surface area contributed by atoms with Crippen LogP contribution in [0.5, 0.6) is 0 Å². The van der Waals surface area contributed by atoms with Crippen molar-refractivity contribution in [1.82, 2.24) is 10.6 Å². The van der Waals surface area contributed by atoms with Crippen LogP contribution in [-0.4, -0.2) is 35.9 Å². The summed E-state index contributed by atoms with van der Waals surface area (Å²) in [5, 5.41) is 21.5. The van der Waals surface area contributed by atoms with Crippen molar-refractivity contribution in [3.05, 3.63) is 35.6 Å². The summed E-state index contributed by atoms with van der Waals surface area (Å²) in [6, 6.07) is 5.79. The Morgan fingerprint density at radius 1 is 0.913 bits per heavy atom. The van der Waals surface area contributed by atoms with E-state index in [2.05, 4.69) is 31.0 Å². The number of benzene rings is 1. The molecule has 0 aliphatic rings. The minimum absolute atomic E-state index is 0. The van der Waals surface area contributed by atoms with Gasteiger partial charge in [-0.15, -0.1) is 5.10 Å². The molecule has 1 radical (unpaired) electrons. The number of hydrogen-bond acceptors (Lipinski definition) is 6. The Morgan fingerprint density at radius 2 is 1.39 bits per heavy atom. The van der Waals surface area contributed by atoms with Gasteiger partial charge in [0.2, 0.25) is 0 Å². The third-order valence-electron chi connectivity index (χ3n) is 2.42. The van der Waals surface area contributed by atoms with Crippen molar-refractivity contribution in [1.29, 1.82) is 0 Å². The van der Waals surface area contributed by atoms with Crippen molar-refractivity contribution in [2.45, 2.75) is 6.92 Å². The standard InChI is InChI=1S/C13H17FN6S2.Cu/c1-8(17-19-12(21)15-2)11(18-20-13(22)16-3)9-4-6-10(14)7-5-9;/h4-7H,1-3H3,(H2,15,19,21)(H2,16,20,22);/q;+2/p-2. The maximum atomic E-state index is 13.1. The molecular weight excluding hydrogens is 387 g/mol. The molecule has 23 heavy (non-hydrogen) atoms. The summed E-state index contributed by atoms with van der Waals surface area (Å²) in [6.07, 6.45) is 0. The van der Waals surface area contributed by atoms with Crippen molar-refractivity contribution in [3.8, 4) is 0 Å². The SMILES string of the molecule is CNC([S-])=NN=C(C)C(=NN=C([S-])NC)c1ccc(F)cc1.[Cu+2]. The molecule has 0 saturated heterocycles. The van der Waals surface area contributed by atoms with Crippen LogP contribution in [0.4, 0.5) is 4.39 Å². The molecule has 0 fully saturated rings. The van der Waals surface area contributed by atoms with Crippen molar-refractivity contribution >= 4 is 47.0 Å². The number of rotatable bonds is 4. The Balaban J connectivity index is 0.00000484. The van der Waals surface area contributed by atoms with Gasteiger partial charge < -0.3 is 35.9 Å². The second kappa shape index (κ2) is 11.0. The van der Waals surface area contributed by atoms with Gasteiger partial charge in [0.15, 0.2) is 0 Å². The van der Waals surface area contributed by atoms with E-state index in [1.54, 1.807) is 33.2 Å². The zero-order valence-electron chi connectivity index (χ0n) is 12.6. The topological polar surface area (TPSA) is 73.5 Å². The van der Waals surface area contributed by atoms with Crippen LogP contribution in [0.1, 0.15) is 12.5 Å². The molecule has 0 spiro atoms. The molecule has 6 nitrogen and oxygen atoms in total. The quantitative estimate of drug-likeness (QED) is 0.261. The van der Waals surface area contributed by atoms with Gasteiger partial charge in [-0.3, -0.25) is 0 Å². The summed E-state index contributed by atoms with van der Waals surface area (Å²) < 4.78 is 13.1. The first-order chi connectivity index (χ1) is 10.5. The third kappa shape index (κ3) is 7.47. The van der Waals surface area contributed by atoms with Gasteiger partial charge >= 0.3 is 17.1 Å². The molecule has 10 heteroatoms. The second-order valence-corrected chi connectivity index (χ2v) is 4.72. The molecule has 1 rings (SSSR count). The van der Waals surface area contributed by atoms with E-state index >= 15 is 0 Å². The smallest absolute Gasteiger partial charge is 0.741 e. The first-order valence-corrected chi connectivity index (χ1v) is 7.03. The van der Waals surface area contributed by atoms with E-state index in [-0.39, 0.29) is 33.2 Å². The van der Waals surface area contributed by atoms with Crippen LogP contribution in [0, 0.1) is 5.82 Å². The van der Waals surface area contributed by atoms with Gasteiger partial charge in [-0.2, -0.15) is 15.3 Å². The summed E-state index contributed by atoms with van der Waals surface area (Å²) in [5.41, 5.74) is 1.52. The van der Waals surface area contributed by atoms with Crippen molar-refractivity contribution < 1.29 is 21.5 Å². The van der Waals surface area contributed by atoms with Crippen LogP contribution in [0.15, 0.2) is 44.7 Å². The van der Waals surface area contributed by atoms with Gasteiger partial charge in [0.25, 0.3) is 0 Å². The zero-order valence-corrected chi connectivity index (χ0v) is 15.2. The molecule has 0 amide bonds. The van der Waals surface area contributed by atoms with E-state index in [9.17, 15) is 4.39 Å². The molecule has 0 saturated carbocycles. The summed E-state index contributed by atoms with van der Waals surface area (Å²) in [7, 11) is 3.28. The predicted molar refractivity (Wildman–Crippen MR) is 93.8 cm³/mol. The zero-order chi connectivity index (χ0) is 16.5. The Labute approximate surface area is 156 Å².